The fourth-order valence-electron chi connectivity index (χ4n) is 3.67. The molecule has 2 saturated heterocycles. The fourth-order valence-corrected chi connectivity index (χ4v) is 8.89. The zero-order valence-corrected chi connectivity index (χ0v) is 19.5. The number of hydrazine groups is 1. The number of carbonyl (C=O) groups is 1. The third-order valence-corrected chi connectivity index (χ3v) is 10.4. The molecule has 3 rings (SSSR count). The Hall–Kier alpha value is -1.74. The topological polar surface area (TPSA) is 156 Å². The number of rotatable bonds is 7. The van der Waals surface area contributed by atoms with E-state index in [1.165, 1.54) is 32.2 Å². The molecular weight excluding hydrogens is 470 g/mol. The van der Waals surface area contributed by atoms with Crippen LogP contribution in [-0.2, 0) is 34.5 Å². The van der Waals surface area contributed by atoms with E-state index < -0.39 is 47.7 Å². The molecule has 0 bridgehead atoms. The minimum absolute atomic E-state index is 0.000740. The summed E-state index contributed by atoms with van der Waals surface area (Å²) in [6, 6.07) is 2.49. The molecule has 11 nitrogen and oxygen atoms in total. The number of nitrogens with one attached hydrogen (secondary N) is 2. The molecule has 2 aliphatic rings. The largest absolute Gasteiger partial charge is 0.495 e. The van der Waals surface area contributed by atoms with Crippen molar-refractivity contribution >= 4 is 41.3 Å². The molecule has 2 fully saturated rings. The van der Waals surface area contributed by atoms with Crippen molar-refractivity contribution in [2.24, 2.45) is 0 Å². The number of anilines is 1. The number of carbonyl (C=O) groups excluding carboxylic acids is 1. The van der Waals surface area contributed by atoms with Gasteiger partial charge in [-0.1, -0.05) is 0 Å². The minimum atomic E-state index is -4.37. The first-order chi connectivity index (χ1) is 14.3. The maximum Gasteiger partial charge on any atom is 0.259 e. The summed E-state index contributed by atoms with van der Waals surface area (Å²) in [6.07, 6.45) is 0.276. The van der Waals surface area contributed by atoms with Crippen LogP contribution in [0.15, 0.2) is 23.1 Å². The number of sulfonamides is 1. The summed E-state index contributed by atoms with van der Waals surface area (Å²) in [4.78, 5) is 11.1. The van der Waals surface area contributed by atoms with Crippen molar-refractivity contribution in [1.82, 2.24) is 9.84 Å². The van der Waals surface area contributed by atoms with E-state index in [4.69, 9.17) is 4.74 Å². The molecule has 0 spiro atoms. The predicted molar refractivity (Wildman–Crippen MR) is 114 cm³/mol. The number of methoxy groups -OCH3 is 1. The van der Waals surface area contributed by atoms with Crippen LogP contribution >= 0.6 is 0 Å². The van der Waals surface area contributed by atoms with Gasteiger partial charge in [0, 0.05) is 18.7 Å². The normalized spacial score (nSPS) is 24.9. The standard InChI is InChI=1S/C17H25N3O8S3/c1-12(21)18-13-3-4-16(28-2)17(9-13)31(26,27)20(15-6-8-30(24,25)11-15)19-14-5-7-29(22,23)10-14/h3-4,9,14-15,19H,5-8,10-11H2,1-2H3,(H,18,21)/t14-,15-/m1/s1. The highest BCUT2D eigenvalue weighted by Crippen LogP contribution is 2.32. The highest BCUT2D eigenvalue weighted by atomic mass is 32.2. The van der Waals surface area contributed by atoms with E-state index in [1.807, 2.05) is 0 Å². The third kappa shape index (κ3) is 5.55. The van der Waals surface area contributed by atoms with E-state index in [0.29, 0.717) is 0 Å². The first kappa shape index (κ1) is 23.9. The summed E-state index contributed by atoms with van der Waals surface area (Å²) in [5.41, 5.74) is 2.98. The van der Waals surface area contributed by atoms with E-state index in [2.05, 4.69) is 10.7 Å². The molecule has 1 aromatic carbocycles. The van der Waals surface area contributed by atoms with Gasteiger partial charge in [-0.05, 0) is 31.0 Å². The Kier molecular flexibility index (Phi) is 6.68. The van der Waals surface area contributed by atoms with E-state index >= 15 is 0 Å². The molecule has 1 amide bonds. The molecule has 0 aliphatic carbocycles. The monoisotopic (exact) mass is 495 g/mol. The average molecular weight is 496 g/mol. The number of benzene rings is 1. The van der Waals surface area contributed by atoms with Gasteiger partial charge in [-0.25, -0.2) is 30.7 Å². The van der Waals surface area contributed by atoms with Gasteiger partial charge in [0.2, 0.25) is 5.91 Å². The van der Waals surface area contributed by atoms with Crippen molar-refractivity contribution in [2.45, 2.75) is 36.7 Å². The maximum absolute atomic E-state index is 13.6. The van der Waals surface area contributed by atoms with Gasteiger partial charge in [-0.3, -0.25) is 4.79 Å². The Balaban J connectivity index is 2.03. The van der Waals surface area contributed by atoms with Crippen molar-refractivity contribution in [3.63, 3.8) is 0 Å². The Labute approximate surface area is 182 Å². The van der Waals surface area contributed by atoms with Crippen LogP contribution in [0.5, 0.6) is 5.75 Å². The van der Waals surface area contributed by atoms with E-state index in [1.54, 1.807) is 0 Å². The van der Waals surface area contributed by atoms with E-state index in [9.17, 15) is 30.0 Å². The molecule has 0 unspecified atom stereocenters. The quantitative estimate of drug-likeness (QED) is 0.477. The number of amides is 1. The highest BCUT2D eigenvalue weighted by Gasteiger charge is 2.42. The van der Waals surface area contributed by atoms with Gasteiger partial charge in [0.05, 0.1) is 36.2 Å². The van der Waals surface area contributed by atoms with Crippen molar-refractivity contribution in [1.29, 1.82) is 0 Å². The van der Waals surface area contributed by atoms with Crippen LogP contribution in [0.2, 0.25) is 0 Å². The van der Waals surface area contributed by atoms with Gasteiger partial charge in [0.25, 0.3) is 10.0 Å². The smallest absolute Gasteiger partial charge is 0.259 e. The molecule has 0 saturated carbocycles. The number of hydrogen-bond acceptors (Lipinski definition) is 9. The predicted octanol–water partition coefficient (Wildman–Crippen LogP) is -0.477. The Bertz CT molecular complexity index is 1180. The van der Waals surface area contributed by atoms with E-state index in [0.717, 1.165) is 4.41 Å². The van der Waals surface area contributed by atoms with Gasteiger partial charge >= 0.3 is 0 Å². The molecule has 2 aliphatic heterocycles. The van der Waals surface area contributed by atoms with Gasteiger partial charge in [-0.2, -0.15) is 0 Å². The SMILES string of the molecule is COc1ccc(NC(C)=O)cc1S(=O)(=O)N(N[C@@H]1CCS(=O)(=O)C1)[C@@H]1CCS(=O)(=O)C1. The Morgan fingerprint density at radius 2 is 1.74 bits per heavy atom. The maximum atomic E-state index is 13.6. The molecule has 2 atom stereocenters. The molecule has 0 aromatic heterocycles. The molecule has 2 N–H and O–H groups in total. The van der Waals surface area contributed by atoms with Crippen LogP contribution in [0, 0.1) is 0 Å². The summed E-state index contributed by atoms with van der Waals surface area (Å²) >= 11 is 0. The molecule has 174 valence electrons. The van der Waals surface area contributed by atoms with Crippen molar-refractivity contribution in [2.75, 3.05) is 35.4 Å². The second-order valence-corrected chi connectivity index (χ2v) is 13.9. The molecule has 31 heavy (non-hydrogen) atoms. The summed E-state index contributed by atoms with van der Waals surface area (Å²) in [7, 11) is -9.83. The second kappa shape index (κ2) is 8.65. The van der Waals surface area contributed by atoms with Crippen LogP contribution in [0.3, 0.4) is 0 Å². The van der Waals surface area contributed by atoms with Gasteiger partial charge < -0.3 is 10.1 Å². The Morgan fingerprint density at radius 1 is 1.10 bits per heavy atom. The number of ether oxygens (including phenoxy) is 1. The first-order valence-corrected chi connectivity index (χ1v) is 14.6. The van der Waals surface area contributed by atoms with Crippen LogP contribution < -0.4 is 15.5 Å². The zero-order chi connectivity index (χ0) is 23.0. The third-order valence-electron chi connectivity index (χ3n) is 5.10. The van der Waals surface area contributed by atoms with Crippen LogP contribution in [0.4, 0.5) is 5.69 Å². The molecule has 2 heterocycles. The summed E-state index contributed by atoms with van der Waals surface area (Å²) < 4.78 is 81.1. The Morgan fingerprint density at radius 3 is 2.26 bits per heavy atom. The van der Waals surface area contributed by atoms with Crippen molar-refractivity contribution < 1.29 is 34.8 Å². The number of sulfone groups is 2. The van der Waals surface area contributed by atoms with Crippen molar-refractivity contribution in [3.8, 4) is 5.75 Å². The van der Waals surface area contributed by atoms with Gasteiger partial charge in [-0.15, -0.1) is 4.41 Å². The lowest BCUT2D eigenvalue weighted by Crippen LogP contribution is -2.54. The summed E-state index contributed by atoms with van der Waals surface area (Å²) in [5.74, 6) is -1.28. The average Bonchev–Trinajstić information content (AvgIpc) is 3.19. The summed E-state index contributed by atoms with van der Waals surface area (Å²) in [6.45, 7) is 1.27. The van der Waals surface area contributed by atoms with Crippen molar-refractivity contribution in [3.05, 3.63) is 18.2 Å². The second-order valence-electron chi connectivity index (χ2n) is 7.63. The number of hydrogen-bond donors (Lipinski definition) is 2. The lowest BCUT2D eigenvalue weighted by Gasteiger charge is -2.31. The van der Waals surface area contributed by atoms with Crippen LogP contribution in [0.25, 0.3) is 0 Å². The number of nitrogens with zero attached hydrogens (tertiary/aromatic N) is 1. The molecular formula is C17H25N3O8S3. The molecule has 0 radical (unpaired) electrons. The molecule has 14 heteroatoms. The zero-order valence-electron chi connectivity index (χ0n) is 17.1. The van der Waals surface area contributed by atoms with Crippen LogP contribution in [0.1, 0.15) is 19.8 Å². The lowest BCUT2D eigenvalue weighted by molar-refractivity contribution is -0.114. The van der Waals surface area contributed by atoms with Crippen LogP contribution in [-0.4, -0.2) is 77.8 Å². The highest BCUT2D eigenvalue weighted by molar-refractivity contribution is 7.92. The minimum Gasteiger partial charge on any atom is -0.495 e. The van der Waals surface area contributed by atoms with Gasteiger partial charge in [0.15, 0.2) is 19.7 Å². The lowest BCUT2D eigenvalue weighted by atomic mass is 10.2. The summed E-state index contributed by atoms with van der Waals surface area (Å²) in [5, 5.41) is 2.50. The fraction of sp³-hybridized carbons (Fsp3) is 0.588. The van der Waals surface area contributed by atoms with E-state index in [-0.39, 0.29) is 52.2 Å². The van der Waals surface area contributed by atoms with Gasteiger partial charge in [0.1, 0.15) is 10.6 Å². The first-order valence-electron chi connectivity index (χ1n) is 9.50. The molecule has 1 aromatic rings.